The van der Waals surface area contributed by atoms with Crippen LogP contribution in [0.25, 0.3) is 0 Å². The zero-order valence-electron chi connectivity index (χ0n) is 14.1. The first-order chi connectivity index (χ1) is 9.79. The van der Waals surface area contributed by atoms with Gasteiger partial charge in [0.15, 0.2) is 0 Å². The van der Waals surface area contributed by atoms with E-state index in [-0.39, 0.29) is 0 Å². The topological polar surface area (TPSA) is 32.7 Å². The van der Waals surface area contributed by atoms with Crippen molar-refractivity contribution in [3.63, 3.8) is 0 Å². The van der Waals surface area contributed by atoms with Crippen molar-refractivity contribution in [2.75, 3.05) is 33.4 Å². The second kappa shape index (κ2) is 15.3. The van der Waals surface area contributed by atoms with Crippen molar-refractivity contribution in [2.45, 2.75) is 77.7 Å². The van der Waals surface area contributed by atoms with E-state index < -0.39 is 0 Å². The number of aliphatic hydroxyl groups is 1. The number of rotatable bonds is 15. The summed E-state index contributed by atoms with van der Waals surface area (Å²) in [6.07, 6.45) is 11.2. The Morgan fingerprint density at radius 3 is 2.00 bits per heavy atom. The van der Waals surface area contributed by atoms with E-state index >= 15 is 0 Å². The molecule has 0 aliphatic carbocycles. The fourth-order valence-corrected chi connectivity index (χ4v) is 2.64. The van der Waals surface area contributed by atoms with Crippen LogP contribution in [0.15, 0.2) is 0 Å². The maximum Gasteiger partial charge on any atom is 0.0586 e. The van der Waals surface area contributed by atoms with E-state index in [1.807, 2.05) is 0 Å². The molecular weight excluding hydrogens is 250 g/mol. The number of hydrogen-bond donors (Lipinski definition) is 1. The number of hydrogen-bond acceptors (Lipinski definition) is 3. The highest BCUT2D eigenvalue weighted by Crippen LogP contribution is 2.10. The molecule has 0 fully saturated rings. The third-order valence-electron chi connectivity index (χ3n) is 4.04. The molecule has 0 heterocycles. The van der Waals surface area contributed by atoms with Crippen LogP contribution >= 0.6 is 0 Å². The summed E-state index contributed by atoms with van der Waals surface area (Å²) in [5.74, 6) is 0. The highest BCUT2D eigenvalue weighted by molar-refractivity contribution is 4.69. The van der Waals surface area contributed by atoms with Gasteiger partial charge < -0.3 is 9.84 Å². The lowest BCUT2D eigenvalue weighted by molar-refractivity contribution is 0.115. The summed E-state index contributed by atoms with van der Waals surface area (Å²) in [6.45, 7) is 7.90. The quantitative estimate of drug-likeness (QED) is 0.464. The summed E-state index contributed by atoms with van der Waals surface area (Å²) in [4.78, 5) is 2.51. The molecule has 3 heteroatoms. The van der Waals surface area contributed by atoms with E-state index in [9.17, 15) is 5.11 Å². The minimum atomic E-state index is 0.300. The van der Waals surface area contributed by atoms with Crippen molar-refractivity contribution in [3.05, 3.63) is 0 Å². The molecule has 0 rings (SSSR count). The number of unbranched alkanes of at least 4 members (excludes halogenated alkanes) is 6. The molecule has 0 radical (unpaired) electrons. The predicted octanol–water partition coefficient (Wildman–Crippen LogP) is 3.85. The zero-order valence-corrected chi connectivity index (χ0v) is 14.1. The molecule has 1 atom stereocenters. The zero-order chi connectivity index (χ0) is 15.1. The molecule has 1 N–H and O–H groups in total. The maximum atomic E-state index is 9.51. The highest BCUT2D eigenvalue weighted by atomic mass is 16.5. The SMILES string of the molecule is CCCCCCN(CCCCCCOC)C(CC)CO. The Kier molecular flexibility index (Phi) is 15.2. The van der Waals surface area contributed by atoms with Gasteiger partial charge in [0.2, 0.25) is 0 Å². The smallest absolute Gasteiger partial charge is 0.0586 e. The van der Waals surface area contributed by atoms with Gasteiger partial charge in [-0.05, 0) is 38.8 Å². The Hall–Kier alpha value is -0.120. The Morgan fingerprint density at radius 2 is 1.50 bits per heavy atom. The van der Waals surface area contributed by atoms with Crippen LogP contribution in [0.1, 0.15) is 71.6 Å². The van der Waals surface area contributed by atoms with Crippen molar-refractivity contribution in [3.8, 4) is 0 Å². The fourth-order valence-electron chi connectivity index (χ4n) is 2.64. The Bertz CT molecular complexity index is 184. The minimum Gasteiger partial charge on any atom is -0.395 e. The third kappa shape index (κ3) is 10.6. The van der Waals surface area contributed by atoms with Crippen LogP contribution in [0.3, 0.4) is 0 Å². The molecule has 20 heavy (non-hydrogen) atoms. The summed E-state index contributed by atoms with van der Waals surface area (Å²) >= 11 is 0. The molecule has 0 aromatic rings. The standard InChI is InChI=1S/C17H37NO2/c1-4-6-7-10-13-18(17(5-2)16-19)14-11-8-9-12-15-20-3/h17,19H,4-16H2,1-3H3. The molecule has 0 bridgehead atoms. The van der Waals surface area contributed by atoms with Gasteiger partial charge in [-0.2, -0.15) is 0 Å². The second-order valence-corrected chi connectivity index (χ2v) is 5.75. The minimum absolute atomic E-state index is 0.300. The van der Waals surface area contributed by atoms with Gasteiger partial charge in [-0.3, -0.25) is 4.90 Å². The van der Waals surface area contributed by atoms with Gasteiger partial charge in [0.25, 0.3) is 0 Å². The van der Waals surface area contributed by atoms with Crippen LogP contribution in [0.2, 0.25) is 0 Å². The summed E-state index contributed by atoms with van der Waals surface area (Å²) in [5.41, 5.74) is 0. The Balaban J connectivity index is 3.85. The van der Waals surface area contributed by atoms with Gasteiger partial charge in [-0.25, -0.2) is 0 Å². The van der Waals surface area contributed by atoms with Crippen molar-refractivity contribution in [2.24, 2.45) is 0 Å². The number of aliphatic hydroxyl groups excluding tert-OH is 1. The molecule has 3 nitrogen and oxygen atoms in total. The van der Waals surface area contributed by atoms with Crippen LogP contribution in [0.5, 0.6) is 0 Å². The molecule has 0 aliphatic rings. The summed E-state index contributed by atoms with van der Waals surface area (Å²) in [5, 5.41) is 9.51. The molecule has 0 saturated heterocycles. The third-order valence-corrected chi connectivity index (χ3v) is 4.04. The lowest BCUT2D eigenvalue weighted by Crippen LogP contribution is -2.39. The summed E-state index contributed by atoms with van der Waals surface area (Å²) < 4.78 is 5.08. The largest absolute Gasteiger partial charge is 0.395 e. The van der Waals surface area contributed by atoms with Crippen LogP contribution in [-0.4, -0.2) is 49.5 Å². The molecule has 0 amide bonds. The van der Waals surface area contributed by atoms with Crippen molar-refractivity contribution < 1.29 is 9.84 Å². The molecule has 0 aromatic carbocycles. The molecule has 0 spiro atoms. The van der Waals surface area contributed by atoms with Gasteiger partial charge >= 0.3 is 0 Å². The number of ether oxygens (including phenoxy) is 1. The Labute approximate surface area is 126 Å². The average molecular weight is 287 g/mol. The summed E-state index contributed by atoms with van der Waals surface area (Å²) in [6, 6.07) is 0.357. The maximum absolute atomic E-state index is 9.51. The summed E-state index contributed by atoms with van der Waals surface area (Å²) in [7, 11) is 1.77. The van der Waals surface area contributed by atoms with Crippen molar-refractivity contribution in [1.29, 1.82) is 0 Å². The number of methoxy groups -OCH3 is 1. The van der Waals surface area contributed by atoms with E-state index in [1.165, 1.54) is 51.4 Å². The first-order valence-electron chi connectivity index (χ1n) is 8.63. The first-order valence-corrected chi connectivity index (χ1v) is 8.63. The lowest BCUT2D eigenvalue weighted by Gasteiger charge is -2.30. The van der Waals surface area contributed by atoms with Gasteiger partial charge in [0.1, 0.15) is 0 Å². The molecule has 122 valence electrons. The Morgan fingerprint density at radius 1 is 0.900 bits per heavy atom. The van der Waals surface area contributed by atoms with Gasteiger partial charge in [0, 0.05) is 19.8 Å². The van der Waals surface area contributed by atoms with Crippen molar-refractivity contribution in [1.82, 2.24) is 4.90 Å². The second-order valence-electron chi connectivity index (χ2n) is 5.75. The van der Waals surface area contributed by atoms with Crippen LogP contribution < -0.4 is 0 Å². The van der Waals surface area contributed by atoms with Crippen LogP contribution in [0, 0.1) is 0 Å². The molecule has 0 saturated carbocycles. The van der Waals surface area contributed by atoms with Crippen LogP contribution in [0.4, 0.5) is 0 Å². The number of nitrogens with zero attached hydrogens (tertiary/aromatic N) is 1. The van der Waals surface area contributed by atoms with E-state index in [2.05, 4.69) is 18.7 Å². The normalized spacial score (nSPS) is 13.1. The van der Waals surface area contributed by atoms with Gasteiger partial charge in [-0.15, -0.1) is 0 Å². The van der Waals surface area contributed by atoms with E-state index in [0.717, 1.165) is 26.1 Å². The molecule has 0 aliphatic heterocycles. The van der Waals surface area contributed by atoms with E-state index in [4.69, 9.17) is 4.74 Å². The van der Waals surface area contributed by atoms with Gasteiger partial charge in [-0.1, -0.05) is 46.0 Å². The lowest BCUT2D eigenvalue weighted by atomic mass is 10.1. The van der Waals surface area contributed by atoms with Gasteiger partial charge in [0.05, 0.1) is 6.61 Å². The van der Waals surface area contributed by atoms with E-state index in [0.29, 0.717) is 12.6 Å². The monoisotopic (exact) mass is 287 g/mol. The van der Waals surface area contributed by atoms with Crippen LogP contribution in [-0.2, 0) is 4.74 Å². The van der Waals surface area contributed by atoms with E-state index in [1.54, 1.807) is 7.11 Å². The fraction of sp³-hybridized carbons (Fsp3) is 1.00. The van der Waals surface area contributed by atoms with Crippen molar-refractivity contribution >= 4 is 0 Å². The first kappa shape index (κ1) is 19.9. The highest BCUT2D eigenvalue weighted by Gasteiger charge is 2.14. The molecule has 1 unspecified atom stereocenters. The predicted molar refractivity (Wildman–Crippen MR) is 87.2 cm³/mol. The average Bonchev–Trinajstić information content (AvgIpc) is 2.47. The molecule has 0 aromatic heterocycles. The molecular formula is C17H37NO2.